The average Bonchev–Trinajstić information content (AvgIpc) is 3.15. The van der Waals surface area contributed by atoms with E-state index < -0.39 is 0 Å². The number of cyclic esters (lactones) is 1. The van der Waals surface area contributed by atoms with Crippen LogP contribution >= 0.6 is 0 Å². The number of ketones is 1. The van der Waals surface area contributed by atoms with Gasteiger partial charge in [-0.3, -0.25) is 9.59 Å². The molecule has 2 aliphatic rings. The molecule has 1 fully saturated rings. The van der Waals surface area contributed by atoms with E-state index >= 15 is 0 Å². The zero-order chi connectivity index (χ0) is 20.2. The fourth-order valence-electron chi connectivity index (χ4n) is 4.03. The topological polar surface area (TPSA) is 55.8 Å². The first-order chi connectivity index (χ1) is 14.1. The second-order valence-electron chi connectivity index (χ2n) is 7.59. The Balaban J connectivity index is 1.62. The summed E-state index contributed by atoms with van der Waals surface area (Å²) >= 11 is 0. The highest BCUT2D eigenvalue weighted by atomic mass is 16.5. The van der Waals surface area contributed by atoms with Gasteiger partial charge in [0, 0.05) is 24.7 Å². The number of benzene rings is 2. The van der Waals surface area contributed by atoms with E-state index in [1.807, 2.05) is 48.7 Å². The van der Waals surface area contributed by atoms with Crippen LogP contribution in [0.3, 0.4) is 0 Å². The van der Waals surface area contributed by atoms with Crippen molar-refractivity contribution in [2.75, 3.05) is 13.7 Å². The molecular weight excluding hydrogens is 366 g/mol. The number of rotatable bonds is 6. The average molecular weight is 391 g/mol. The normalized spacial score (nSPS) is 21.7. The number of hydrogen-bond acceptors (Lipinski definition) is 5. The lowest BCUT2D eigenvalue weighted by molar-refractivity contribution is -0.141. The predicted octanol–water partition coefficient (Wildman–Crippen LogP) is 4.05. The monoisotopic (exact) mass is 391 g/mol. The van der Waals surface area contributed by atoms with Crippen LogP contribution in [-0.4, -0.2) is 30.4 Å². The number of hydrogen-bond donors (Lipinski definition) is 0. The van der Waals surface area contributed by atoms with Gasteiger partial charge in [-0.05, 0) is 36.1 Å². The van der Waals surface area contributed by atoms with Gasteiger partial charge in [-0.15, -0.1) is 0 Å². The van der Waals surface area contributed by atoms with E-state index in [0.717, 1.165) is 16.9 Å². The molecule has 0 N–H and O–H groups in total. The summed E-state index contributed by atoms with van der Waals surface area (Å²) in [6.45, 7) is 1.15. The maximum Gasteiger partial charge on any atom is 0.309 e. The number of methoxy groups -OCH3 is 1. The molecular formula is C24H25NO4. The molecule has 2 unspecified atom stereocenters. The number of carbonyl (C=O) groups excluding carboxylic acids is 2. The molecule has 5 nitrogen and oxygen atoms in total. The highest BCUT2D eigenvalue weighted by Crippen LogP contribution is 2.35. The molecule has 1 saturated heterocycles. The van der Waals surface area contributed by atoms with Crippen LogP contribution in [0.2, 0.25) is 0 Å². The quantitative estimate of drug-likeness (QED) is 0.696. The third kappa shape index (κ3) is 4.34. The van der Waals surface area contributed by atoms with Crippen LogP contribution in [0.15, 0.2) is 66.4 Å². The maximum atomic E-state index is 12.9. The zero-order valence-corrected chi connectivity index (χ0v) is 16.5. The summed E-state index contributed by atoms with van der Waals surface area (Å²) in [6, 6.07) is 18.0. The van der Waals surface area contributed by atoms with Crippen LogP contribution < -0.4 is 4.74 Å². The molecule has 150 valence electrons. The lowest BCUT2D eigenvalue weighted by Crippen LogP contribution is -2.32. The summed E-state index contributed by atoms with van der Waals surface area (Å²) < 4.78 is 10.3. The van der Waals surface area contributed by atoms with Crippen molar-refractivity contribution in [1.29, 1.82) is 0 Å². The maximum absolute atomic E-state index is 12.9. The number of ether oxygens (including phenoxy) is 2. The Morgan fingerprint density at radius 3 is 2.48 bits per heavy atom. The van der Waals surface area contributed by atoms with E-state index in [1.54, 1.807) is 7.11 Å². The largest absolute Gasteiger partial charge is 0.497 e. The zero-order valence-electron chi connectivity index (χ0n) is 16.5. The predicted molar refractivity (Wildman–Crippen MR) is 109 cm³/mol. The first kappa shape index (κ1) is 19.2. The van der Waals surface area contributed by atoms with Crippen molar-refractivity contribution in [3.05, 3.63) is 77.5 Å². The highest BCUT2D eigenvalue weighted by Gasteiger charge is 2.33. The first-order valence-electron chi connectivity index (χ1n) is 9.98. The van der Waals surface area contributed by atoms with Crippen molar-refractivity contribution in [1.82, 2.24) is 4.90 Å². The number of carbonyl (C=O) groups is 2. The second-order valence-corrected chi connectivity index (χ2v) is 7.59. The van der Waals surface area contributed by atoms with Crippen molar-refractivity contribution >= 4 is 11.8 Å². The van der Waals surface area contributed by atoms with Crippen LogP contribution in [0.5, 0.6) is 5.75 Å². The van der Waals surface area contributed by atoms with Gasteiger partial charge in [0.25, 0.3) is 0 Å². The summed E-state index contributed by atoms with van der Waals surface area (Å²) in [5.41, 5.74) is 2.97. The molecule has 5 heteroatoms. The van der Waals surface area contributed by atoms with Gasteiger partial charge in [-0.1, -0.05) is 42.5 Å². The summed E-state index contributed by atoms with van der Waals surface area (Å²) in [5, 5.41) is 0. The number of esters is 1. The van der Waals surface area contributed by atoms with E-state index in [9.17, 15) is 9.59 Å². The van der Waals surface area contributed by atoms with Crippen LogP contribution in [0.1, 0.15) is 36.4 Å². The minimum absolute atomic E-state index is 0.0482. The van der Waals surface area contributed by atoms with E-state index in [0.29, 0.717) is 32.4 Å². The number of Topliss-reactive ketones (excluding diaryl/α,β-unsaturated/α-hetero) is 1. The Kier molecular flexibility index (Phi) is 5.65. The third-order valence-electron chi connectivity index (χ3n) is 5.68. The van der Waals surface area contributed by atoms with Crippen molar-refractivity contribution in [2.45, 2.75) is 31.8 Å². The molecule has 0 aromatic heterocycles. The molecule has 0 bridgehead atoms. The molecule has 2 aliphatic heterocycles. The molecule has 2 aromatic carbocycles. The molecule has 29 heavy (non-hydrogen) atoms. The summed E-state index contributed by atoms with van der Waals surface area (Å²) in [7, 11) is 1.64. The van der Waals surface area contributed by atoms with Gasteiger partial charge in [0.1, 0.15) is 5.75 Å². The number of nitrogens with zero attached hydrogens (tertiary/aromatic N) is 1. The minimum atomic E-state index is -0.207. The Labute approximate surface area is 170 Å². The van der Waals surface area contributed by atoms with Crippen molar-refractivity contribution in [2.24, 2.45) is 5.92 Å². The van der Waals surface area contributed by atoms with Gasteiger partial charge in [0.2, 0.25) is 0 Å². The van der Waals surface area contributed by atoms with Crippen molar-refractivity contribution < 1.29 is 19.1 Å². The molecule has 0 amide bonds. The van der Waals surface area contributed by atoms with Crippen molar-refractivity contribution in [3.63, 3.8) is 0 Å². The number of allylic oxidation sites excluding steroid dienone is 1. The van der Waals surface area contributed by atoms with Gasteiger partial charge in [0.05, 0.1) is 25.7 Å². The Morgan fingerprint density at radius 1 is 1.07 bits per heavy atom. The summed E-state index contributed by atoms with van der Waals surface area (Å²) in [6.07, 6.45) is 3.49. The lowest BCUT2D eigenvalue weighted by atomic mass is 9.88. The van der Waals surface area contributed by atoms with E-state index in [1.165, 1.54) is 5.56 Å². The fraction of sp³-hybridized carbons (Fsp3) is 0.333. The SMILES string of the molecule is COc1ccc(C2CC(=O)C(CC3CCOC3=O)=CN2Cc2ccccc2)cc1. The van der Waals surface area contributed by atoms with E-state index in [4.69, 9.17) is 9.47 Å². The second kappa shape index (κ2) is 8.52. The third-order valence-corrected chi connectivity index (χ3v) is 5.68. The van der Waals surface area contributed by atoms with Gasteiger partial charge in [-0.2, -0.15) is 0 Å². The van der Waals surface area contributed by atoms with Gasteiger partial charge in [-0.25, -0.2) is 0 Å². The molecule has 4 rings (SSSR count). The minimum Gasteiger partial charge on any atom is -0.497 e. The van der Waals surface area contributed by atoms with E-state index in [2.05, 4.69) is 17.0 Å². The Morgan fingerprint density at radius 2 is 1.83 bits per heavy atom. The molecule has 0 radical (unpaired) electrons. The van der Waals surface area contributed by atoms with E-state index in [-0.39, 0.29) is 23.7 Å². The molecule has 0 spiro atoms. The first-order valence-corrected chi connectivity index (χ1v) is 9.98. The van der Waals surface area contributed by atoms with Crippen LogP contribution in [0.25, 0.3) is 0 Å². The highest BCUT2D eigenvalue weighted by molar-refractivity contribution is 5.97. The fourth-order valence-corrected chi connectivity index (χ4v) is 4.03. The lowest BCUT2D eigenvalue weighted by Gasteiger charge is -2.35. The van der Waals surface area contributed by atoms with Crippen LogP contribution in [0.4, 0.5) is 0 Å². The van der Waals surface area contributed by atoms with Gasteiger partial charge < -0.3 is 14.4 Å². The van der Waals surface area contributed by atoms with Gasteiger partial charge in [0.15, 0.2) is 5.78 Å². The molecule has 0 aliphatic carbocycles. The summed E-state index contributed by atoms with van der Waals surface area (Å²) in [5.74, 6) is 0.503. The molecule has 0 saturated carbocycles. The Bertz CT molecular complexity index is 904. The molecule has 2 heterocycles. The molecule has 2 atom stereocenters. The van der Waals surface area contributed by atoms with Crippen molar-refractivity contribution in [3.8, 4) is 5.75 Å². The van der Waals surface area contributed by atoms with Gasteiger partial charge >= 0.3 is 5.97 Å². The standard InChI is InChI=1S/C24H25NO4/c1-28-21-9-7-18(8-10-21)22-14-23(26)20(13-19-11-12-29-24(19)27)16-25(22)15-17-5-3-2-4-6-17/h2-10,16,19,22H,11-15H2,1H3. The smallest absolute Gasteiger partial charge is 0.309 e. The van der Waals surface area contributed by atoms with Crippen LogP contribution in [-0.2, 0) is 20.9 Å². The summed E-state index contributed by atoms with van der Waals surface area (Å²) in [4.78, 5) is 27.0. The van der Waals surface area contributed by atoms with Crippen LogP contribution in [0, 0.1) is 5.92 Å². The Hall–Kier alpha value is -3.08. The molecule has 2 aromatic rings.